The first-order valence-corrected chi connectivity index (χ1v) is 7.44. The first-order valence-electron chi connectivity index (χ1n) is 6.22. The van der Waals surface area contributed by atoms with E-state index in [9.17, 15) is 14.0 Å². The van der Waals surface area contributed by atoms with Crippen LogP contribution in [0.15, 0.2) is 44.4 Å². The van der Waals surface area contributed by atoms with Crippen molar-refractivity contribution in [1.82, 2.24) is 0 Å². The van der Waals surface area contributed by atoms with Crippen LogP contribution in [0.3, 0.4) is 0 Å². The molecule has 0 aliphatic rings. The number of hydrogen-bond donors (Lipinski definition) is 0. The van der Waals surface area contributed by atoms with Crippen LogP contribution in [0.25, 0.3) is 11.3 Å². The maximum Gasteiger partial charge on any atom is 0.352 e. The molecule has 4 nitrogen and oxygen atoms in total. The Bertz CT molecular complexity index is 707. The Balaban J connectivity index is 2.53. The highest BCUT2D eigenvalue weighted by atomic mass is 32.2. The molecule has 0 N–H and O–H groups in total. The van der Waals surface area contributed by atoms with Gasteiger partial charge in [-0.05, 0) is 43.5 Å². The lowest BCUT2D eigenvalue weighted by Crippen LogP contribution is -2.18. The third-order valence-electron chi connectivity index (χ3n) is 2.74. The molecule has 0 saturated heterocycles. The summed E-state index contributed by atoms with van der Waals surface area (Å²) >= 11 is 1.24. The van der Waals surface area contributed by atoms with E-state index in [1.807, 2.05) is 0 Å². The monoisotopic (exact) mass is 308 g/mol. The van der Waals surface area contributed by atoms with Gasteiger partial charge in [-0.1, -0.05) is 0 Å². The van der Waals surface area contributed by atoms with Gasteiger partial charge in [0.2, 0.25) is 0 Å². The molecule has 0 atom stereocenters. The normalized spacial score (nSPS) is 10.4. The zero-order valence-corrected chi connectivity index (χ0v) is 12.3. The predicted molar refractivity (Wildman–Crippen MR) is 78.1 cm³/mol. The third kappa shape index (κ3) is 3.33. The summed E-state index contributed by atoms with van der Waals surface area (Å²) in [4.78, 5) is 24.3. The number of hydrogen-bond acceptors (Lipinski definition) is 5. The highest BCUT2D eigenvalue weighted by Crippen LogP contribution is 2.26. The zero-order chi connectivity index (χ0) is 15.4. The van der Waals surface area contributed by atoms with Crippen LogP contribution in [0.2, 0.25) is 0 Å². The minimum absolute atomic E-state index is 0.116. The summed E-state index contributed by atoms with van der Waals surface area (Å²) in [7, 11) is 0. The van der Waals surface area contributed by atoms with Gasteiger partial charge in [-0.15, -0.1) is 11.8 Å². The molecule has 2 aromatic rings. The summed E-state index contributed by atoms with van der Waals surface area (Å²) in [5.41, 5.74) is -0.325. The van der Waals surface area contributed by atoms with Gasteiger partial charge in [-0.3, -0.25) is 0 Å². The van der Waals surface area contributed by atoms with E-state index in [1.54, 1.807) is 19.2 Å². The van der Waals surface area contributed by atoms with Crippen molar-refractivity contribution in [3.8, 4) is 11.3 Å². The van der Waals surface area contributed by atoms with Crippen LogP contribution < -0.4 is 5.63 Å². The van der Waals surface area contributed by atoms with Crippen molar-refractivity contribution in [2.75, 3.05) is 12.9 Å². The lowest BCUT2D eigenvalue weighted by atomic mass is 10.1. The van der Waals surface area contributed by atoms with E-state index in [2.05, 4.69) is 0 Å². The van der Waals surface area contributed by atoms with Crippen molar-refractivity contribution >= 4 is 17.7 Å². The van der Waals surface area contributed by atoms with E-state index >= 15 is 0 Å². The Labute approximate surface area is 124 Å². The van der Waals surface area contributed by atoms with Crippen LogP contribution in [0, 0.1) is 5.82 Å². The molecular weight excluding hydrogens is 295 g/mol. The standard InChI is InChI=1S/C15H13FO4S/c1-3-19-14(17)13-12(21-2)8-11(20-15(13)18)9-4-6-10(16)7-5-9/h4-8H,3H2,1-2H3. The maximum atomic E-state index is 12.9. The molecule has 0 unspecified atom stereocenters. The number of benzene rings is 1. The molecule has 1 heterocycles. The van der Waals surface area contributed by atoms with Crippen LogP contribution in [0.1, 0.15) is 17.3 Å². The van der Waals surface area contributed by atoms with Crippen LogP contribution in [0.4, 0.5) is 4.39 Å². The molecule has 0 fully saturated rings. The number of rotatable bonds is 4. The first kappa shape index (κ1) is 15.3. The summed E-state index contributed by atoms with van der Waals surface area (Å²) in [6.07, 6.45) is 1.74. The van der Waals surface area contributed by atoms with Gasteiger partial charge < -0.3 is 9.15 Å². The summed E-state index contributed by atoms with van der Waals surface area (Å²) < 4.78 is 22.9. The second kappa shape index (κ2) is 6.58. The van der Waals surface area contributed by atoms with Crippen molar-refractivity contribution in [2.24, 2.45) is 0 Å². The van der Waals surface area contributed by atoms with Crippen molar-refractivity contribution in [1.29, 1.82) is 0 Å². The summed E-state index contributed by atoms with van der Waals surface area (Å²) in [5.74, 6) is -0.812. The summed E-state index contributed by atoms with van der Waals surface area (Å²) in [5, 5.41) is 0. The SMILES string of the molecule is CCOC(=O)c1c(SC)cc(-c2ccc(F)cc2)oc1=O. The Hall–Kier alpha value is -2.08. The number of thioether (sulfide) groups is 1. The fraction of sp³-hybridized carbons (Fsp3) is 0.200. The second-order valence-corrected chi connectivity index (χ2v) is 4.92. The number of esters is 1. The van der Waals surface area contributed by atoms with Gasteiger partial charge in [0.05, 0.1) is 6.61 Å². The summed E-state index contributed by atoms with van der Waals surface area (Å²) in [6, 6.07) is 7.12. The van der Waals surface area contributed by atoms with Gasteiger partial charge >= 0.3 is 11.6 Å². The quantitative estimate of drug-likeness (QED) is 0.640. The highest BCUT2D eigenvalue weighted by Gasteiger charge is 2.20. The minimum atomic E-state index is -0.764. The van der Waals surface area contributed by atoms with Crippen molar-refractivity contribution < 1.29 is 18.3 Å². The number of carbonyl (C=O) groups is 1. The van der Waals surface area contributed by atoms with E-state index in [4.69, 9.17) is 9.15 Å². The molecule has 6 heteroatoms. The Kier molecular flexibility index (Phi) is 4.80. The molecule has 0 saturated carbocycles. The maximum absolute atomic E-state index is 12.9. The topological polar surface area (TPSA) is 56.5 Å². The average Bonchev–Trinajstić information content (AvgIpc) is 2.47. The Morgan fingerprint density at radius 1 is 1.33 bits per heavy atom. The average molecular weight is 308 g/mol. The lowest BCUT2D eigenvalue weighted by Gasteiger charge is -2.07. The predicted octanol–water partition coefficient (Wildman–Crippen LogP) is 3.34. The molecule has 0 spiro atoms. The van der Waals surface area contributed by atoms with Crippen LogP contribution in [0.5, 0.6) is 0 Å². The molecule has 110 valence electrons. The molecule has 2 rings (SSSR count). The van der Waals surface area contributed by atoms with Gasteiger partial charge in [0, 0.05) is 10.5 Å². The Morgan fingerprint density at radius 3 is 2.57 bits per heavy atom. The molecular formula is C15H13FO4S. The van der Waals surface area contributed by atoms with E-state index in [1.165, 1.54) is 36.0 Å². The Morgan fingerprint density at radius 2 is 2.00 bits per heavy atom. The van der Waals surface area contributed by atoms with Crippen molar-refractivity contribution in [3.63, 3.8) is 0 Å². The van der Waals surface area contributed by atoms with Gasteiger partial charge in [0.15, 0.2) is 5.56 Å². The van der Waals surface area contributed by atoms with Gasteiger partial charge in [-0.25, -0.2) is 14.0 Å². The molecule has 21 heavy (non-hydrogen) atoms. The van der Waals surface area contributed by atoms with E-state index < -0.39 is 11.6 Å². The fourth-order valence-electron chi connectivity index (χ4n) is 1.78. The molecule has 0 aliphatic carbocycles. The highest BCUT2D eigenvalue weighted by molar-refractivity contribution is 7.98. The van der Waals surface area contributed by atoms with E-state index in [0.29, 0.717) is 10.5 Å². The third-order valence-corrected chi connectivity index (χ3v) is 3.51. The molecule has 0 radical (unpaired) electrons. The first-order chi connectivity index (χ1) is 10.1. The summed E-state index contributed by atoms with van der Waals surface area (Å²) in [6.45, 7) is 1.83. The van der Waals surface area contributed by atoms with Gasteiger partial charge in [0.25, 0.3) is 0 Å². The van der Waals surface area contributed by atoms with Crippen molar-refractivity contribution in [2.45, 2.75) is 11.8 Å². The van der Waals surface area contributed by atoms with Crippen molar-refractivity contribution in [3.05, 3.63) is 52.1 Å². The number of carbonyl (C=O) groups excluding carboxylic acids is 1. The molecule has 1 aromatic heterocycles. The van der Waals surface area contributed by atoms with Gasteiger partial charge in [-0.2, -0.15) is 0 Å². The molecule has 1 aromatic carbocycles. The number of halogens is 1. The number of ether oxygens (including phenoxy) is 1. The largest absolute Gasteiger partial charge is 0.462 e. The second-order valence-electron chi connectivity index (χ2n) is 4.07. The van der Waals surface area contributed by atoms with Crippen LogP contribution in [-0.2, 0) is 4.74 Å². The van der Waals surface area contributed by atoms with Crippen LogP contribution >= 0.6 is 11.8 Å². The lowest BCUT2D eigenvalue weighted by molar-refractivity contribution is 0.0516. The molecule has 0 amide bonds. The van der Waals surface area contributed by atoms with Gasteiger partial charge in [0.1, 0.15) is 11.6 Å². The minimum Gasteiger partial charge on any atom is -0.462 e. The zero-order valence-electron chi connectivity index (χ0n) is 11.5. The fourth-order valence-corrected chi connectivity index (χ4v) is 2.37. The smallest absolute Gasteiger partial charge is 0.352 e. The van der Waals surface area contributed by atoms with E-state index in [-0.39, 0.29) is 23.7 Å². The molecule has 0 bridgehead atoms. The van der Waals surface area contributed by atoms with E-state index in [0.717, 1.165) is 0 Å². The van der Waals surface area contributed by atoms with Crippen LogP contribution in [-0.4, -0.2) is 18.8 Å². The molecule has 0 aliphatic heterocycles.